The summed E-state index contributed by atoms with van der Waals surface area (Å²) < 4.78 is 61.1. The molecule has 0 saturated carbocycles. The van der Waals surface area contributed by atoms with Crippen LogP contribution >= 0.6 is 11.8 Å². The van der Waals surface area contributed by atoms with E-state index in [1.807, 2.05) is 4.99 Å². The zero-order chi connectivity index (χ0) is 16.9. The number of hydrogen-bond acceptors (Lipinski definition) is 2. The minimum atomic E-state index is -4.66. The molecule has 0 aliphatic carbocycles. The number of amidine groups is 1. The fraction of sp³-hybridized carbons (Fsp3) is 0.385. The number of hydrogen-bond donors (Lipinski definition) is 2. The first-order valence-electron chi connectivity index (χ1n) is 6.12. The monoisotopic (exact) mass is 340 g/mol. The van der Waals surface area contributed by atoms with Gasteiger partial charge in [-0.1, -0.05) is 6.07 Å². The van der Waals surface area contributed by atoms with E-state index in [1.165, 1.54) is 0 Å². The van der Waals surface area contributed by atoms with Crippen LogP contribution in [0, 0.1) is 13.8 Å². The Bertz CT molecular complexity index is 582. The van der Waals surface area contributed by atoms with Crippen molar-refractivity contribution in [1.82, 2.24) is 0 Å². The van der Waals surface area contributed by atoms with Crippen LogP contribution in [0.2, 0.25) is 0 Å². The van der Waals surface area contributed by atoms with Crippen molar-refractivity contribution >= 4 is 29.6 Å². The third-order valence-corrected chi connectivity index (χ3v) is 3.76. The lowest BCUT2D eigenvalue weighted by atomic mass is 10.1. The Kier molecular flexibility index (Phi) is 6.34. The van der Waals surface area contributed by atoms with Crippen molar-refractivity contribution in [2.75, 3.05) is 5.75 Å². The standard InChI is InChI=1S/C13H14F5N3S/c1-7-3-8(2)10(22-5-11(14)15)4-9(7)20-6-21-12(19)13(16,17)18/h3-4,6,11H,5H2,1-2H3,(H2,19,20,21)/p+1. The van der Waals surface area contributed by atoms with E-state index in [0.717, 1.165) is 23.7 Å². The lowest BCUT2D eigenvalue weighted by Crippen LogP contribution is -2.77. The van der Waals surface area contributed by atoms with Crippen molar-refractivity contribution < 1.29 is 26.9 Å². The molecule has 3 N–H and O–H groups in total. The van der Waals surface area contributed by atoms with Gasteiger partial charge in [0.1, 0.15) is 5.69 Å². The quantitative estimate of drug-likeness (QED) is 0.374. The number of rotatable bonds is 5. The Morgan fingerprint density at radius 2 is 1.95 bits per heavy atom. The molecule has 22 heavy (non-hydrogen) atoms. The van der Waals surface area contributed by atoms with Gasteiger partial charge in [-0.15, -0.1) is 16.8 Å². The molecule has 9 heteroatoms. The molecule has 0 heterocycles. The maximum Gasteiger partial charge on any atom is 0.478 e. The van der Waals surface area contributed by atoms with Gasteiger partial charge in [0.15, 0.2) is 0 Å². The van der Waals surface area contributed by atoms with Crippen molar-refractivity contribution in [3.63, 3.8) is 0 Å². The minimum absolute atomic E-state index is 0.361. The highest BCUT2D eigenvalue weighted by atomic mass is 32.2. The normalized spacial score (nSPS) is 13.4. The first-order chi connectivity index (χ1) is 10.1. The summed E-state index contributed by atoms with van der Waals surface area (Å²) in [6, 6.07) is 3.29. The fourth-order valence-corrected chi connectivity index (χ4v) is 2.31. The molecule has 0 amide bonds. The van der Waals surface area contributed by atoms with E-state index in [1.54, 1.807) is 26.0 Å². The number of nitrogens with zero attached hydrogens (tertiary/aromatic N) is 1. The average Bonchev–Trinajstić information content (AvgIpc) is 2.38. The molecule has 0 spiro atoms. The highest BCUT2D eigenvalue weighted by Gasteiger charge is 2.36. The van der Waals surface area contributed by atoms with Gasteiger partial charge in [0.25, 0.3) is 5.84 Å². The van der Waals surface area contributed by atoms with Crippen LogP contribution in [0.15, 0.2) is 22.0 Å². The fourth-order valence-electron chi connectivity index (χ4n) is 1.52. The van der Waals surface area contributed by atoms with Crippen LogP contribution in [-0.4, -0.2) is 30.5 Å². The molecule has 1 aromatic rings. The molecule has 3 nitrogen and oxygen atoms in total. The molecule has 0 atom stereocenters. The Hall–Kier alpha value is -1.64. The van der Waals surface area contributed by atoms with Crippen LogP contribution < -0.4 is 10.7 Å². The summed E-state index contributed by atoms with van der Waals surface area (Å²) in [5, 5.41) is 0. The summed E-state index contributed by atoms with van der Waals surface area (Å²) in [6.45, 7) is 3.49. The van der Waals surface area contributed by atoms with Gasteiger partial charge in [-0.05, 0) is 31.0 Å². The topological polar surface area (TPSA) is 52.3 Å². The second kappa shape index (κ2) is 7.57. The molecular weight excluding hydrogens is 325 g/mol. The summed E-state index contributed by atoms with van der Waals surface area (Å²) in [5.74, 6) is -1.74. The van der Waals surface area contributed by atoms with E-state index in [9.17, 15) is 22.0 Å². The van der Waals surface area contributed by atoms with Gasteiger partial charge >= 0.3 is 6.18 Å². The van der Waals surface area contributed by atoms with Crippen LogP contribution in [0.4, 0.5) is 27.6 Å². The van der Waals surface area contributed by atoms with E-state index in [0.29, 0.717) is 16.1 Å². The smallest absolute Gasteiger partial charge is 0.314 e. The third kappa shape index (κ3) is 5.63. The van der Waals surface area contributed by atoms with E-state index >= 15 is 0 Å². The highest BCUT2D eigenvalue weighted by Crippen LogP contribution is 2.30. The first-order valence-corrected chi connectivity index (χ1v) is 7.10. The van der Waals surface area contributed by atoms with Crippen LogP contribution in [0.5, 0.6) is 0 Å². The van der Waals surface area contributed by atoms with Crippen molar-refractivity contribution in [3.05, 3.63) is 23.3 Å². The summed E-state index contributed by atoms with van der Waals surface area (Å²) in [5.41, 5.74) is 6.68. The van der Waals surface area contributed by atoms with E-state index in [2.05, 4.69) is 4.99 Å². The lowest BCUT2D eigenvalue weighted by molar-refractivity contribution is -0.323. The first kappa shape index (κ1) is 18.4. The van der Waals surface area contributed by atoms with E-state index in [4.69, 9.17) is 5.73 Å². The van der Waals surface area contributed by atoms with Crippen molar-refractivity contribution in [2.24, 2.45) is 10.7 Å². The van der Waals surface area contributed by atoms with Crippen LogP contribution in [-0.2, 0) is 0 Å². The molecule has 0 saturated heterocycles. The number of benzene rings is 1. The Morgan fingerprint density at radius 3 is 2.50 bits per heavy atom. The van der Waals surface area contributed by atoms with Crippen LogP contribution in [0.1, 0.15) is 11.1 Å². The number of thioether (sulfide) groups is 1. The SMILES string of the molecule is Cc1cc(C)c(SCC(F)F)cc1N=C[NH+]=C(N)C(F)(F)F. The number of aliphatic imine (C=N–C) groups is 1. The zero-order valence-corrected chi connectivity index (χ0v) is 12.7. The lowest BCUT2D eigenvalue weighted by Gasteiger charge is -2.07. The Labute approximate surface area is 128 Å². The van der Waals surface area contributed by atoms with E-state index < -0.39 is 18.4 Å². The minimum Gasteiger partial charge on any atom is -0.314 e. The number of halogens is 5. The van der Waals surface area contributed by atoms with E-state index in [-0.39, 0.29) is 5.75 Å². The second-order valence-corrected chi connectivity index (χ2v) is 5.48. The van der Waals surface area contributed by atoms with Crippen LogP contribution in [0.25, 0.3) is 0 Å². The summed E-state index contributed by atoms with van der Waals surface area (Å²) >= 11 is 0.968. The van der Waals surface area contributed by atoms with Crippen molar-refractivity contribution in [1.29, 1.82) is 0 Å². The number of nitrogens with one attached hydrogen (secondary N) is 1. The zero-order valence-electron chi connectivity index (χ0n) is 11.8. The van der Waals surface area contributed by atoms with Gasteiger partial charge in [-0.25, -0.2) is 13.8 Å². The molecule has 1 rings (SSSR count). The molecule has 0 unspecified atom stereocenters. The Morgan fingerprint density at radius 1 is 1.32 bits per heavy atom. The van der Waals surface area contributed by atoms with Gasteiger partial charge < -0.3 is 5.73 Å². The molecule has 0 aliphatic rings. The summed E-state index contributed by atoms with van der Waals surface area (Å²) in [7, 11) is 0. The van der Waals surface area contributed by atoms with Crippen LogP contribution in [0.3, 0.4) is 0 Å². The third-order valence-electron chi connectivity index (χ3n) is 2.59. The number of aryl methyl sites for hydroxylation is 2. The van der Waals surface area contributed by atoms with Gasteiger partial charge in [0.05, 0.1) is 5.75 Å². The summed E-state index contributed by atoms with van der Waals surface area (Å²) in [4.78, 5) is 6.29. The Balaban J connectivity index is 2.97. The maximum absolute atomic E-state index is 12.3. The molecule has 0 aliphatic heterocycles. The second-order valence-electron chi connectivity index (χ2n) is 4.42. The predicted octanol–water partition coefficient (Wildman–Crippen LogP) is 2.32. The molecule has 0 aromatic heterocycles. The molecule has 0 bridgehead atoms. The summed E-state index contributed by atoms with van der Waals surface area (Å²) in [6.07, 6.45) is -6.28. The average molecular weight is 340 g/mol. The molecule has 0 radical (unpaired) electrons. The number of nitrogens with two attached hydrogens (primary N) is 1. The highest BCUT2D eigenvalue weighted by molar-refractivity contribution is 7.99. The van der Waals surface area contributed by atoms with Gasteiger partial charge in [0, 0.05) is 4.90 Å². The molecular formula is C13H15F5N3S+. The van der Waals surface area contributed by atoms with Gasteiger partial charge in [-0.2, -0.15) is 13.2 Å². The molecule has 1 aromatic carbocycles. The van der Waals surface area contributed by atoms with Gasteiger partial charge in [-0.3, -0.25) is 0 Å². The van der Waals surface area contributed by atoms with Crippen molar-refractivity contribution in [2.45, 2.75) is 31.3 Å². The maximum atomic E-state index is 12.3. The molecule has 0 fully saturated rings. The number of alkyl halides is 5. The molecule has 122 valence electrons. The predicted molar refractivity (Wildman–Crippen MR) is 77.0 cm³/mol. The largest absolute Gasteiger partial charge is 0.478 e. The van der Waals surface area contributed by atoms with Gasteiger partial charge in [0.2, 0.25) is 12.8 Å². The van der Waals surface area contributed by atoms with Crippen molar-refractivity contribution in [3.8, 4) is 0 Å².